The van der Waals surface area contributed by atoms with Crippen molar-refractivity contribution >= 4 is 90.4 Å². The van der Waals surface area contributed by atoms with Crippen LogP contribution in [-0.4, -0.2) is 3.36 Å². The van der Waals surface area contributed by atoms with E-state index in [-0.39, 0.29) is 0 Å². The van der Waals surface area contributed by atoms with Crippen molar-refractivity contribution in [2.75, 3.05) is 0 Å². The van der Waals surface area contributed by atoms with Gasteiger partial charge in [0, 0.05) is 0 Å². The smallest absolute Gasteiger partial charge is 0.0707 e. The Balaban J connectivity index is 3.28. The van der Waals surface area contributed by atoms with E-state index in [1.165, 1.54) is 12.8 Å². The van der Waals surface area contributed by atoms with Gasteiger partial charge < -0.3 is 0 Å². The monoisotopic (exact) mass is 576 g/mol. The van der Waals surface area contributed by atoms with E-state index in [0.29, 0.717) is 1.43 Å². The average molecular weight is 576 g/mol. The molecule has 0 saturated carbocycles. The molecule has 0 radical (unpaired) electrons. The van der Waals surface area contributed by atoms with E-state index >= 15 is 0 Å². The van der Waals surface area contributed by atoms with Gasteiger partial charge in [-0.05, 0) is 19.8 Å². The van der Waals surface area contributed by atoms with E-state index in [9.17, 15) is 0 Å². The van der Waals surface area contributed by atoms with Crippen LogP contribution >= 0.6 is 90.4 Å². The van der Waals surface area contributed by atoms with Gasteiger partial charge in [0.25, 0.3) is 0 Å². The molecule has 56 valence electrons. The minimum absolute atomic E-state index is 0.462. The summed E-state index contributed by atoms with van der Waals surface area (Å²) in [4.78, 5) is 0. The van der Waals surface area contributed by atoms with E-state index in [4.69, 9.17) is 0 Å². The molecule has 0 saturated heterocycles. The molecular formula is C5H8I4. The van der Waals surface area contributed by atoms with Gasteiger partial charge in [0.2, 0.25) is 0 Å². The predicted molar refractivity (Wildman–Crippen MR) is 77.5 cm³/mol. The van der Waals surface area contributed by atoms with Gasteiger partial charge in [-0.2, -0.15) is 0 Å². The first-order chi connectivity index (χ1) is 3.92. The van der Waals surface area contributed by atoms with Gasteiger partial charge in [-0.25, -0.2) is 0 Å². The normalized spacial score (nSPS) is 12.7. The van der Waals surface area contributed by atoms with Crippen molar-refractivity contribution in [3.63, 3.8) is 0 Å². The lowest BCUT2D eigenvalue weighted by Gasteiger charge is -2.13. The predicted octanol–water partition coefficient (Wildman–Crippen LogP) is 4.55. The summed E-state index contributed by atoms with van der Waals surface area (Å²) >= 11 is 9.90. The van der Waals surface area contributed by atoms with Crippen LogP contribution in [0.5, 0.6) is 0 Å². The zero-order valence-corrected chi connectivity index (χ0v) is 13.6. The topological polar surface area (TPSA) is 0 Å². The van der Waals surface area contributed by atoms with E-state index in [0.717, 1.165) is 1.93 Å². The maximum atomic E-state index is 2.49. The maximum Gasteiger partial charge on any atom is 0.0707 e. The molecule has 0 aliphatic rings. The third-order valence-corrected chi connectivity index (χ3v) is 3.13. The Morgan fingerprint density at radius 3 is 1.89 bits per heavy atom. The first-order valence-corrected chi connectivity index (χ1v) is 7.22. The number of alkyl halides is 4. The Hall–Kier alpha value is 2.92. The van der Waals surface area contributed by atoms with E-state index in [1.807, 2.05) is 0 Å². The van der Waals surface area contributed by atoms with E-state index < -0.39 is 0 Å². The second-order valence-corrected chi connectivity index (χ2v) is 14.2. The SMILES string of the molecule is CC(I)(I)CCC(I)I. The van der Waals surface area contributed by atoms with Crippen LogP contribution in [0.15, 0.2) is 0 Å². The quantitative estimate of drug-likeness (QED) is 0.342. The molecule has 0 N–H and O–H groups in total. The molecule has 0 aliphatic heterocycles. The second kappa shape index (κ2) is 5.55. The summed E-state index contributed by atoms with van der Waals surface area (Å²) in [5.74, 6) is 0. The summed E-state index contributed by atoms with van der Waals surface area (Å²) < 4.78 is 1.26. The molecular weight excluding hydrogens is 568 g/mol. The first kappa shape index (κ1) is 11.9. The molecule has 9 heavy (non-hydrogen) atoms. The second-order valence-electron chi connectivity index (χ2n) is 2.00. The maximum absolute atomic E-state index is 2.49. The van der Waals surface area contributed by atoms with Gasteiger partial charge >= 0.3 is 0 Å². The fourth-order valence-electron chi connectivity index (χ4n) is 0.363. The van der Waals surface area contributed by atoms with Crippen LogP contribution in [0.25, 0.3) is 0 Å². The standard InChI is InChI=1S/C5H8I4/c1-5(8,9)3-2-4(6)7/h4H,2-3H2,1H3. The van der Waals surface area contributed by atoms with Crippen molar-refractivity contribution in [3.05, 3.63) is 0 Å². The number of halogens is 4. The van der Waals surface area contributed by atoms with Crippen LogP contribution in [0.1, 0.15) is 19.8 Å². The third kappa shape index (κ3) is 10.9. The van der Waals surface area contributed by atoms with Crippen molar-refractivity contribution in [2.45, 2.75) is 23.1 Å². The molecule has 0 aromatic carbocycles. The molecule has 0 atom stereocenters. The van der Waals surface area contributed by atoms with Gasteiger partial charge in [0.05, 0.1) is 3.36 Å². The molecule has 4 heteroatoms. The van der Waals surface area contributed by atoms with Crippen LogP contribution in [0.2, 0.25) is 0 Å². The number of rotatable bonds is 3. The van der Waals surface area contributed by atoms with E-state index in [2.05, 4.69) is 97.3 Å². The number of hydrogen-bond acceptors (Lipinski definition) is 0. The largest absolute Gasteiger partial charge is 0.0710 e. The number of hydrogen-bond donors (Lipinski definition) is 0. The minimum Gasteiger partial charge on any atom is -0.0710 e. The van der Waals surface area contributed by atoms with Crippen LogP contribution in [0.3, 0.4) is 0 Å². The van der Waals surface area contributed by atoms with Crippen LogP contribution in [-0.2, 0) is 0 Å². The molecule has 0 aliphatic carbocycles. The fraction of sp³-hybridized carbons (Fsp3) is 1.00. The molecule has 0 heterocycles. The summed E-state index contributed by atoms with van der Waals surface area (Å²) in [7, 11) is 0. The van der Waals surface area contributed by atoms with Crippen molar-refractivity contribution in [3.8, 4) is 0 Å². The highest BCUT2D eigenvalue weighted by Gasteiger charge is 2.15. The highest BCUT2D eigenvalue weighted by molar-refractivity contribution is 14.2. The third-order valence-electron chi connectivity index (χ3n) is 0.802. The van der Waals surface area contributed by atoms with Gasteiger partial charge in [0.15, 0.2) is 0 Å². The fourth-order valence-corrected chi connectivity index (χ4v) is 1.61. The Morgan fingerprint density at radius 2 is 1.78 bits per heavy atom. The van der Waals surface area contributed by atoms with E-state index in [1.54, 1.807) is 0 Å². The van der Waals surface area contributed by atoms with Crippen LogP contribution < -0.4 is 0 Å². The van der Waals surface area contributed by atoms with Gasteiger partial charge in [-0.15, -0.1) is 0 Å². The van der Waals surface area contributed by atoms with Crippen LogP contribution in [0, 0.1) is 0 Å². The average Bonchev–Trinajstić information content (AvgIpc) is 1.59. The lowest BCUT2D eigenvalue weighted by Crippen LogP contribution is -2.04. The lowest BCUT2D eigenvalue weighted by atomic mass is 10.3. The van der Waals surface area contributed by atoms with Crippen molar-refractivity contribution in [1.29, 1.82) is 0 Å². The highest BCUT2D eigenvalue weighted by Crippen LogP contribution is 2.34. The van der Waals surface area contributed by atoms with Gasteiger partial charge in [-0.1, -0.05) is 90.4 Å². The Labute approximate surface area is 111 Å². The lowest BCUT2D eigenvalue weighted by molar-refractivity contribution is 0.797. The first-order valence-electron chi connectivity index (χ1n) is 2.58. The van der Waals surface area contributed by atoms with Gasteiger partial charge in [-0.3, -0.25) is 0 Å². The Kier molecular flexibility index (Phi) is 7.35. The zero-order valence-electron chi connectivity index (χ0n) is 5.00. The van der Waals surface area contributed by atoms with Crippen molar-refractivity contribution in [1.82, 2.24) is 0 Å². The minimum atomic E-state index is 0.462. The molecule has 0 aromatic heterocycles. The summed E-state index contributed by atoms with van der Waals surface area (Å²) in [5.41, 5.74) is 0. The molecule has 0 unspecified atom stereocenters. The molecule has 0 amide bonds. The molecule has 0 bridgehead atoms. The summed E-state index contributed by atoms with van der Waals surface area (Å²) in [6, 6.07) is 0. The molecule has 0 rings (SSSR count). The summed E-state index contributed by atoms with van der Waals surface area (Å²) in [6.45, 7) is 2.27. The summed E-state index contributed by atoms with van der Waals surface area (Å²) in [5, 5.41) is 0. The molecule has 0 aromatic rings. The Bertz CT molecular complexity index is 73.5. The van der Waals surface area contributed by atoms with Crippen molar-refractivity contribution < 1.29 is 0 Å². The van der Waals surface area contributed by atoms with Crippen LogP contribution in [0.4, 0.5) is 0 Å². The molecule has 0 spiro atoms. The highest BCUT2D eigenvalue weighted by atomic mass is 127. The van der Waals surface area contributed by atoms with Crippen molar-refractivity contribution in [2.24, 2.45) is 0 Å². The molecule has 0 nitrogen and oxygen atoms in total. The van der Waals surface area contributed by atoms with Gasteiger partial charge in [0.1, 0.15) is 0 Å². The molecule has 0 fully saturated rings. The Morgan fingerprint density at radius 1 is 1.33 bits per heavy atom. The summed E-state index contributed by atoms with van der Waals surface area (Å²) in [6.07, 6.45) is 2.63. The zero-order chi connectivity index (χ0) is 7.49.